The normalized spacial score (nSPS) is 19.7. The summed E-state index contributed by atoms with van der Waals surface area (Å²) in [6.45, 7) is 5.62. The first kappa shape index (κ1) is 22.4. The van der Waals surface area contributed by atoms with Gasteiger partial charge in [0.2, 0.25) is 11.9 Å². The fourth-order valence-electron chi connectivity index (χ4n) is 3.89. The SMILES string of the molecule is CC1CCN(c2nnc(SCC(=O)Nc3cc(Cl)ccc3F)n2CC2CCCO2)CC1. The van der Waals surface area contributed by atoms with E-state index < -0.39 is 5.82 Å². The maximum absolute atomic E-state index is 13.9. The highest BCUT2D eigenvalue weighted by Gasteiger charge is 2.26. The van der Waals surface area contributed by atoms with Crippen molar-refractivity contribution in [3.8, 4) is 0 Å². The highest BCUT2D eigenvalue weighted by atomic mass is 35.5. The van der Waals surface area contributed by atoms with Crippen LogP contribution in [0.1, 0.15) is 32.6 Å². The number of nitrogens with one attached hydrogen (secondary N) is 1. The number of hydrogen-bond acceptors (Lipinski definition) is 6. The zero-order valence-corrected chi connectivity index (χ0v) is 19.1. The standard InChI is InChI=1S/C21H27ClFN5O2S/c1-14-6-8-27(9-7-14)20-25-26-21(28(20)12-16-3-2-10-30-16)31-13-19(29)24-18-11-15(22)4-5-17(18)23/h4-5,11,14,16H,2-3,6-10,12-13H2,1H3,(H,24,29). The molecule has 7 nitrogen and oxygen atoms in total. The highest BCUT2D eigenvalue weighted by Crippen LogP contribution is 2.28. The van der Waals surface area contributed by atoms with E-state index in [0.717, 1.165) is 57.2 Å². The molecule has 1 unspecified atom stereocenters. The molecule has 4 rings (SSSR count). The monoisotopic (exact) mass is 467 g/mol. The number of benzene rings is 1. The third-order valence-corrected chi connectivity index (χ3v) is 6.91. The minimum absolute atomic E-state index is 0.0713. The van der Waals surface area contributed by atoms with Crippen LogP contribution in [0.25, 0.3) is 0 Å². The number of aromatic nitrogens is 3. The second-order valence-electron chi connectivity index (χ2n) is 8.16. The maximum Gasteiger partial charge on any atom is 0.234 e. The van der Waals surface area contributed by atoms with Gasteiger partial charge in [0.25, 0.3) is 0 Å². The average Bonchev–Trinajstić information content (AvgIpc) is 3.40. The van der Waals surface area contributed by atoms with Gasteiger partial charge in [-0.2, -0.15) is 0 Å². The van der Waals surface area contributed by atoms with Gasteiger partial charge in [0.1, 0.15) is 5.82 Å². The lowest BCUT2D eigenvalue weighted by atomic mass is 10.00. The molecule has 31 heavy (non-hydrogen) atoms. The Balaban J connectivity index is 1.45. The molecule has 168 valence electrons. The molecule has 2 fully saturated rings. The number of carbonyl (C=O) groups excluding carboxylic acids is 1. The Kier molecular flexibility index (Phi) is 7.35. The lowest BCUT2D eigenvalue weighted by Crippen LogP contribution is -2.35. The molecule has 1 amide bonds. The summed E-state index contributed by atoms with van der Waals surface area (Å²) in [6.07, 6.45) is 4.45. The number of halogens is 2. The van der Waals surface area contributed by atoms with Crippen molar-refractivity contribution >= 4 is 40.9 Å². The van der Waals surface area contributed by atoms with E-state index in [1.807, 2.05) is 0 Å². The van der Waals surface area contributed by atoms with E-state index in [9.17, 15) is 9.18 Å². The molecule has 3 heterocycles. The Morgan fingerprint density at radius 1 is 1.32 bits per heavy atom. The van der Waals surface area contributed by atoms with Gasteiger partial charge >= 0.3 is 0 Å². The van der Waals surface area contributed by atoms with Gasteiger partial charge in [0.05, 0.1) is 24.1 Å². The van der Waals surface area contributed by atoms with Crippen LogP contribution < -0.4 is 10.2 Å². The van der Waals surface area contributed by atoms with E-state index in [0.29, 0.717) is 16.7 Å². The molecule has 2 aliphatic heterocycles. The van der Waals surface area contributed by atoms with Crippen molar-refractivity contribution in [3.05, 3.63) is 29.0 Å². The number of thioether (sulfide) groups is 1. The number of nitrogens with zero attached hydrogens (tertiary/aromatic N) is 4. The molecule has 1 aromatic carbocycles. The van der Waals surface area contributed by atoms with Crippen molar-refractivity contribution in [2.45, 2.75) is 50.4 Å². The Bertz CT molecular complexity index is 913. The van der Waals surface area contributed by atoms with Gasteiger partial charge in [0.15, 0.2) is 5.16 Å². The lowest BCUT2D eigenvalue weighted by molar-refractivity contribution is -0.113. The second-order valence-corrected chi connectivity index (χ2v) is 9.54. The van der Waals surface area contributed by atoms with Crippen LogP contribution >= 0.6 is 23.4 Å². The molecule has 1 N–H and O–H groups in total. The molecule has 0 aliphatic carbocycles. The van der Waals surface area contributed by atoms with Crippen LogP contribution in [0.15, 0.2) is 23.4 Å². The first-order chi connectivity index (χ1) is 15.0. The van der Waals surface area contributed by atoms with E-state index in [2.05, 4.69) is 31.9 Å². The summed E-state index contributed by atoms with van der Waals surface area (Å²) >= 11 is 7.19. The molecule has 1 atom stereocenters. The van der Waals surface area contributed by atoms with Crippen LogP contribution in [0.3, 0.4) is 0 Å². The summed E-state index contributed by atoms with van der Waals surface area (Å²) in [4.78, 5) is 14.7. The van der Waals surface area contributed by atoms with Crippen LogP contribution in [0.2, 0.25) is 5.02 Å². The van der Waals surface area contributed by atoms with Gasteiger partial charge in [-0.05, 0) is 49.8 Å². The number of rotatable bonds is 7. The molecular weight excluding hydrogens is 441 g/mol. The number of ether oxygens (including phenoxy) is 1. The maximum atomic E-state index is 13.9. The number of carbonyl (C=O) groups is 1. The fraction of sp³-hybridized carbons (Fsp3) is 0.571. The minimum Gasteiger partial charge on any atom is -0.376 e. The summed E-state index contributed by atoms with van der Waals surface area (Å²) in [5, 5.41) is 12.4. The first-order valence-corrected chi connectivity index (χ1v) is 12.0. The van der Waals surface area contributed by atoms with Crippen LogP contribution in [0.5, 0.6) is 0 Å². The third-order valence-electron chi connectivity index (χ3n) is 5.71. The molecule has 2 saturated heterocycles. The molecule has 2 aromatic rings. The largest absolute Gasteiger partial charge is 0.376 e. The molecular formula is C21H27ClFN5O2S. The van der Waals surface area contributed by atoms with Crippen LogP contribution in [0, 0.1) is 11.7 Å². The lowest BCUT2D eigenvalue weighted by Gasteiger charge is -2.31. The summed E-state index contributed by atoms with van der Waals surface area (Å²) in [5.41, 5.74) is 0.0713. The molecule has 0 bridgehead atoms. The molecule has 0 spiro atoms. The van der Waals surface area contributed by atoms with E-state index in [4.69, 9.17) is 16.3 Å². The molecule has 0 saturated carbocycles. The van der Waals surface area contributed by atoms with Gasteiger partial charge in [-0.3, -0.25) is 9.36 Å². The van der Waals surface area contributed by atoms with E-state index in [1.54, 1.807) is 0 Å². The summed E-state index contributed by atoms with van der Waals surface area (Å²) in [7, 11) is 0. The number of amides is 1. The zero-order chi connectivity index (χ0) is 21.8. The van der Waals surface area contributed by atoms with E-state index in [1.165, 1.54) is 30.0 Å². The summed E-state index contributed by atoms with van der Waals surface area (Å²) < 4.78 is 21.8. The van der Waals surface area contributed by atoms with Gasteiger partial charge in [-0.1, -0.05) is 30.3 Å². The highest BCUT2D eigenvalue weighted by molar-refractivity contribution is 7.99. The van der Waals surface area contributed by atoms with Crippen LogP contribution in [0.4, 0.5) is 16.0 Å². The average molecular weight is 468 g/mol. The molecule has 2 aliphatic rings. The van der Waals surface area contributed by atoms with E-state index in [-0.39, 0.29) is 23.5 Å². The summed E-state index contributed by atoms with van der Waals surface area (Å²) in [5.74, 6) is 0.797. The smallest absolute Gasteiger partial charge is 0.234 e. The number of anilines is 2. The van der Waals surface area contributed by atoms with Crippen molar-refractivity contribution in [1.82, 2.24) is 14.8 Å². The van der Waals surface area contributed by atoms with E-state index >= 15 is 0 Å². The molecule has 0 radical (unpaired) electrons. The van der Waals surface area contributed by atoms with Crippen molar-refractivity contribution in [2.75, 3.05) is 35.7 Å². The predicted octanol–water partition coefficient (Wildman–Crippen LogP) is 4.22. The zero-order valence-electron chi connectivity index (χ0n) is 17.5. The number of piperidine rings is 1. The first-order valence-electron chi connectivity index (χ1n) is 10.7. The van der Waals surface area contributed by atoms with Crippen molar-refractivity contribution in [3.63, 3.8) is 0 Å². The van der Waals surface area contributed by atoms with Crippen LogP contribution in [-0.4, -0.2) is 52.2 Å². The third kappa shape index (κ3) is 5.70. The second kappa shape index (κ2) is 10.2. The Morgan fingerprint density at radius 3 is 2.87 bits per heavy atom. The Morgan fingerprint density at radius 2 is 2.13 bits per heavy atom. The number of hydrogen-bond donors (Lipinski definition) is 1. The predicted molar refractivity (Wildman–Crippen MR) is 120 cm³/mol. The van der Waals surface area contributed by atoms with Gasteiger partial charge in [-0.15, -0.1) is 10.2 Å². The quantitative estimate of drug-likeness (QED) is 0.615. The van der Waals surface area contributed by atoms with Crippen molar-refractivity contribution < 1.29 is 13.9 Å². The topological polar surface area (TPSA) is 72.3 Å². The Labute approximate surface area is 190 Å². The van der Waals surface area contributed by atoms with Crippen molar-refractivity contribution in [1.29, 1.82) is 0 Å². The van der Waals surface area contributed by atoms with Gasteiger partial charge < -0.3 is 15.0 Å². The van der Waals surface area contributed by atoms with Crippen molar-refractivity contribution in [2.24, 2.45) is 5.92 Å². The Hall–Kier alpha value is -1.84. The van der Waals surface area contributed by atoms with Gasteiger partial charge in [0, 0.05) is 24.7 Å². The fourth-order valence-corrected chi connectivity index (χ4v) is 4.81. The molecule has 1 aromatic heterocycles. The van der Waals surface area contributed by atoms with Gasteiger partial charge in [-0.25, -0.2) is 4.39 Å². The minimum atomic E-state index is -0.522. The summed E-state index contributed by atoms with van der Waals surface area (Å²) in [6, 6.07) is 4.07. The van der Waals surface area contributed by atoms with Crippen LogP contribution in [-0.2, 0) is 16.1 Å². The molecule has 10 heteroatoms.